The van der Waals surface area contributed by atoms with E-state index in [1.807, 2.05) is 70.2 Å². The Labute approximate surface area is 148 Å². The number of nitrogens with zero attached hydrogens (tertiary/aromatic N) is 5. The van der Waals surface area contributed by atoms with Gasteiger partial charge in [0.2, 0.25) is 5.91 Å². The zero-order valence-electron chi connectivity index (χ0n) is 13.5. The molecule has 0 fully saturated rings. The van der Waals surface area contributed by atoms with Crippen LogP contribution in [0.3, 0.4) is 0 Å². The number of amides is 1. The normalized spacial score (nSPS) is 12.4. The van der Waals surface area contributed by atoms with Crippen molar-refractivity contribution in [2.45, 2.75) is 19.4 Å². The summed E-state index contributed by atoms with van der Waals surface area (Å²) >= 11 is 1.51. The molecular weight excluding hydrogens is 336 g/mol. The maximum absolute atomic E-state index is 12.3. The van der Waals surface area contributed by atoms with E-state index in [2.05, 4.69) is 20.5 Å². The Bertz CT molecular complexity index is 1000. The topological polar surface area (TPSA) is 77.1 Å². The number of rotatable bonds is 5. The molecule has 0 aromatic carbocycles. The lowest BCUT2D eigenvalue weighted by Crippen LogP contribution is -2.29. The zero-order valence-corrected chi connectivity index (χ0v) is 14.3. The van der Waals surface area contributed by atoms with Crippen LogP contribution in [-0.4, -0.2) is 30.1 Å². The first-order chi connectivity index (χ1) is 12.2. The minimum atomic E-state index is -0.243. The molecule has 0 aliphatic carbocycles. The molecule has 0 aliphatic rings. The van der Waals surface area contributed by atoms with Gasteiger partial charge in [-0.3, -0.25) is 9.20 Å². The first-order valence-electron chi connectivity index (χ1n) is 7.87. The SMILES string of the molecule is C[C@H](NC(=O)Cc1csc(-n2cccc2)n1)c1nnc2ccccn12. The van der Waals surface area contributed by atoms with Gasteiger partial charge in [-0.2, -0.15) is 0 Å². The molecule has 0 saturated heterocycles. The van der Waals surface area contributed by atoms with Crippen molar-refractivity contribution < 1.29 is 4.79 Å². The van der Waals surface area contributed by atoms with Gasteiger partial charge in [-0.15, -0.1) is 21.5 Å². The third-order valence-corrected chi connectivity index (χ3v) is 4.71. The molecule has 0 saturated carbocycles. The number of carbonyl (C=O) groups is 1. The van der Waals surface area contributed by atoms with Crippen LogP contribution in [0.5, 0.6) is 0 Å². The second-order valence-electron chi connectivity index (χ2n) is 5.66. The minimum Gasteiger partial charge on any atom is -0.346 e. The van der Waals surface area contributed by atoms with E-state index in [-0.39, 0.29) is 18.4 Å². The van der Waals surface area contributed by atoms with Crippen LogP contribution in [0.25, 0.3) is 10.8 Å². The van der Waals surface area contributed by atoms with Gasteiger partial charge >= 0.3 is 0 Å². The molecule has 8 heteroatoms. The molecule has 4 heterocycles. The van der Waals surface area contributed by atoms with Gasteiger partial charge in [0, 0.05) is 24.0 Å². The van der Waals surface area contributed by atoms with Gasteiger partial charge in [0.25, 0.3) is 0 Å². The number of aromatic nitrogens is 5. The van der Waals surface area contributed by atoms with E-state index < -0.39 is 0 Å². The summed E-state index contributed by atoms with van der Waals surface area (Å²) in [4.78, 5) is 16.8. The summed E-state index contributed by atoms with van der Waals surface area (Å²) in [6.45, 7) is 1.90. The number of nitrogens with one attached hydrogen (secondary N) is 1. The molecule has 1 atom stereocenters. The molecule has 4 rings (SSSR count). The van der Waals surface area contributed by atoms with Crippen molar-refractivity contribution in [3.05, 3.63) is 65.8 Å². The summed E-state index contributed by atoms with van der Waals surface area (Å²) in [5.74, 6) is 0.611. The van der Waals surface area contributed by atoms with E-state index in [0.29, 0.717) is 5.82 Å². The lowest BCUT2D eigenvalue weighted by atomic mass is 10.2. The molecule has 1 amide bonds. The van der Waals surface area contributed by atoms with Crippen LogP contribution in [0.4, 0.5) is 0 Å². The van der Waals surface area contributed by atoms with Gasteiger partial charge in [-0.05, 0) is 31.2 Å². The summed E-state index contributed by atoms with van der Waals surface area (Å²) in [5, 5.41) is 14.0. The number of fused-ring (bicyclic) bond motifs is 1. The van der Waals surface area contributed by atoms with E-state index in [1.54, 1.807) is 0 Å². The van der Waals surface area contributed by atoms with Gasteiger partial charge < -0.3 is 9.88 Å². The first-order valence-corrected chi connectivity index (χ1v) is 8.75. The summed E-state index contributed by atoms with van der Waals surface area (Å²) in [6.07, 6.45) is 5.98. The van der Waals surface area contributed by atoms with E-state index in [4.69, 9.17) is 0 Å². The van der Waals surface area contributed by atoms with Crippen molar-refractivity contribution in [2.75, 3.05) is 0 Å². The Morgan fingerprint density at radius 3 is 2.84 bits per heavy atom. The van der Waals surface area contributed by atoms with Crippen LogP contribution in [0, 0.1) is 0 Å². The van der Waals surface area contributed by atoms with Crippen LogP contribution in [0.2, 0.25) is 0 Å². The predicted molar refractivity (Wildman–Crippen MR) is 94.7 cm³/mol. The van der Waals surface area contributed by atoms with E-state index in [0.717, 1.165) is 16.5 Å². The van der Waals surface area contributed by atoms with E-state index >= 15 is 0 Å². The standard InChI is InChI=1S/C17H16N6OS/c1-12(16-21-20-14-6-2-3-9-23(14)16)18-15(24)10-13-11-25-17(19-13)22-7-4-5-8-22/h2-9,11-12H,10H2,1H3,(H,18,24)/t12-/m0/s1. The summed E-state index contributed by atoms with van der Waals surface area (Å²) in [6, 6.07) is 9.33. The molecule has 1 N–H and O–H groups in total. The molecule has 0 radical (unpaired) electrons. The van der Waals surface area contributed by atoms with Crippen LogP contribution < -0.4 is 5.32 Å². The van der Waals surface area contributed by atoms with E-state index in [9.17, 15) is 4.79 Å². The Kier molecular flexibility index (Phi) is 4.02. The Morgan fingerprint density at radius 2 is 2.00 bits per heavy atom. The highest BCUT2D eigenvalue weighted by Gasteiger charge is 2.16. The maximum atomic E-state index is 12.3. The molecule has 0 bridgehead atoms. The fraction of sp³-hybridized carbons (Fsp3) is 0.176. The van der Waals surface area contributed by atoms with Crippen LogP contribution in [-0.2, 0) is 11.2 Å². The van der Waals surface area contributed by atoms with Crippen LogP contribution in [0.15, 0.2) is 54.3 Å². The van der Waals surface area contributed by atoms with Gasteiger partial charge in [0.1, 0.15) is 0 Å². The third kappa shape index (κ3) is 3.16. The second kappa shape index (κ2) is 6.48. The lowest BCUT2D eigenvalue weighted by Gasteiger charge is -2.11. The number of hydrogen-bond acceptors (Lipinski definition) is 5. The Morgan fingerprint density at radius 1 is 1.20 bits per heavy atom. The Balaban J connectivity index is 1.43. The highest BCUT2D eigenvalue weighted by atomic mass is 32.1. The highest BCUT2D eigenvalue weighted by molar-refractivity contribution is 7.12. The van der Waals surface area contributed by atoms with Gasteiger partial charge in [0.15, 0.2) is 16.6 Å². The van der Waals surface area contributed by atoms with Crippen LogP contribution >= 0.6 is 11.3 Å². The molecule has 0 unspecified atom stereocenters. The van der Waals surface area contributed by atoms with Crippen molar-refractivity contribution in [1.82, 2.24) is 29.5 Å². The van der Waals surface area contributed by atoms with E-state index in [1.165, 1.54) is 11.3 Å². The highest BCUT2D eigenvalue weighted by Crippen LogP contribution is 2.16. The first kappa shape index (κ1) is 15.5. The zero-order chi connectivity index (χ0) is 17.2. The molecule has 0 spiro atoms. The lowest BCUT2D eigenvalue weighted by molar-refractivity contribution is -0.121. The smallest absolute Gasteiger partial charge is 0.226 e. The molecular formula is C17H16N6OS. The van der Waals surface area contributed by atoms with Crippen molar-refractivity contribution in [3.63, 3.8) is 0 Å². The average molecular weight is 352 g/mol. The van der Waals surface area contributed by atoms with Gasteiger partial charge in [-0.25, -0.2) is 4.98 Å². The number of hydrogen-bond donors (Lipinski definition) is 1. The minimum absolute atomic E-state index is 0.0930. The number of pyridine rings is 1. The van der Waals surface area contributed by atoms with Gasteiger partial charge in [0.05, 0.1) is 18.2 Å². The van der Waals surface area contributed by atoms with Crippen LogP contribution in [0.1, 0.15) is 24.5 Å². The van der Waals surface area contributed by atoms with Crippen molar-refractivity contribution in [2.24, 2.45) is 0 Å². The molecule has 25 heavy (non-hydrogen) atoms. The molecule has 0 aliphatic heterocycles. The maximum Gasteiger partial charge on any atom is 0.226 e. The summed E-state index contributed by atoms with van der Waals surface area (Å²) in [5.41, 5.74) is 1.51. The molecule has 7 nitrogen and oxygen atoms in total. The molecule has 4 aromatic rings. The van der Waals surface area contributed by atoms with Crippen molar-refractivity contribution in [3.8, 4) is 5.13 Å². The number of carbonyl (C=O) groups excluding carboxylic acids is 1. The summed E-state index contributed by atoms with van der Waals surface area (Å²) in [7, 11) is 0. The summed E-state index contributed by atoms with van der Waals surface area (Å²) < 4.78 is 3.80. The van der Waals surface area contributed by atoms with Crippen molar-refractivity contribution >= 4 is 22.9 Å². The number of thiazole rings is 1. The largest absolute Gasteiger partial charge is 0.346 e. The Hall–Kier alpha value is -3.00. The predicted octanol–water partition coefficient (Wildman–Crippen LogP) is 2.40. The molecule has 4 aromatic heterocycles. The average Bonchev–Trinajstić information content (AvgIpc) is 3.34. The van der Waals surface area contributed by atoms with Crippen molar-refractivity contribution in [1.29, 1.82) is 0 Å². The fourth-order valence-corrected chi connectivity index (χ4v) is 3.43. The quantitative estimate of drug-likeness (QED) is 0.598. The monoisotopic (exact) mass is 352 g/mol. The van der Waals surface area contributed by atoms with Gasteiger partial charge in [-0.1, -0.05) is 6.07 Å². The molecule has 126 valence electrons. The fourth-order valence-electron chi connectivity index (χ4n) is 2.63. The third-order valence-electron chi connectivity index (χ3n) is 3.81. The second-order valence-corrected chi connectivity index (χ2v) is 6.50.